The number of terminal acetylenes is 1. The molecule has 0 bridgehead atoms. The van der Waals surface area contributed by atoms with E-state index in [1.807, 2.05) is 0 Å². The van der Waals surface area contributed by atoms with Crippen LogP contribution in [0.3, 0.4) is 0 Å². The molecule has 2 aliphatic rings. The Morgan fingerprint density at radius 1 is 1.20 bits per heavy atom. The van der Waals surface area contributed by atoms with Crippen molar-refractivity contribution in [2.45, 2.75) is 25.7 Å². The van der Waals surface area contributed by atoms with Gasteiger partial charge in [-0.25, -0.2) is 8.42 Å². The van der Waals surface area contributed by atoms with Gasteiger partial charge in [-0.1, -0.05) is 5.92 Å². The summed E-state index contributed by atoms with van der Waals surface area (Å²) in [6.45, 7) is 0.880. The molecule has 0 aromatic rings. The van der Waals surface area contributed by atoms with Crippen molar-refractivity contribution in [2.24, 2.45) is 11.8 Å². The SMILES string of the molecule is C#CCN(CC1CC1)S(=O)(=O)CC1CC1. The molecule has 0 aromatic heterocycles. The van der Waals surface area contributed by atoms with E-state index < -0.39 is 10.0 Å². The first-order valence-electron chi connectivity index (χ1n) is 5.53. The van der Waals surface area contributed by atoms with Crippen LogP contribution >= 0.6 is 0 Å². The van der Waals surface area contributed by atoms with Gasteiger partial charge in [0.05, 0.1) is 12.3 Å². The lowest BCUT2D eigenvalue weighted by molar-refractivity contribution is 0.428. The van der Waals surface area contributed by atoms with Crippen LogP contribution in [-0.2, 0) is 10.0 Å². The zero-order valence-electron chi connectivity index (χ0n) is 8.85. The van der Waals surface area contributed by atoms with E-state index in [4.69, 9.17) is 6.42 Å². The fourth-order valence-electron chi connectivity index (χ4n) is 1.65. The maximum Gasteiger partial charge on any atom is 0.215 e. The molecule has 0 heterocycles. The Morgan fingerprint density at radius 2 is 1.80 bits per heavy atom. The van der Waals surface area contributed by atoms with E-state index in [1.165, 1.54) is 4.31 Å². The van der Waals surface area contributed by atoms with Crippen LogP contribution in [0.15, 0.2) is 0 Å². The van der Waals surface area contributed by atoms with Crippen LogP contribution in [0.4, 0.5) is 0 Å². The lowest BCUT2D eigenvalue weighted by atomic mass is 10.4. The molecule has 0 aromatic carbocycles. The van der Waals surface area contributed by atoms with Gasteiger partial charge in [0.25, 0.3) is 0 Å². The molecule has 2 fully saturated rings. The van der Waals surface area contributed by atoms with Crippen LogP contribution in [0, 0.1) is 24.2 Å². The summed E-state index contributed by atoms with van der Waals surface area (Å²) in [5.41, 5.74) is 0. The lowest BCUT2D eigenvalue weighted by Crippen LogP contribution is -2.35. The molecule has 0 N–H and O–H groups in total. The van der Waals surface area contributed by atoms with E-state index in [9.17, 15) is 8.42 Å². The van der Waals surface area contributed by atoms with Crippen LogP contribution in [0.1, 0.15) is 25.7 Å². The minimum Gasteiger partial charge on any atom is -0.212 e. The summed E-state index contributed by atoms with van der Waals surface area (Å²) in [5, 5.41) is 0. The van der Waals surface area contributed by atoms with Gasteiger partial charge in [0, 0.05) is 6.54 Å². The number of sulfonamides is 1. The molecule has 0 amide bonds. The Morgan fingerprint density at radius 3 is 2.27 bits per heavy atom. The van der Waals surface area contributed by atoms with Crippen molar-refractivity contribution in [2.75, 3.05) is 18.8 Å². The van der Waals surface area contributed by atoms with Gasteiger partial charge in [0.2, 0.25) is 10.0 Å². The second-order valence-electron chi connectivity index (χ2n) is 4.66. The number of hydrogen-bond donors (Lipinski definition) is 0. The highest BCUT2D eigenvalue weighted by molar-refractivity contribution is 7.89. The summed E-state index contributed by atoms with van der Waals surface area (Å²) in [6.07, 6.45) is 9.64. The van der Waals surface area contributed by atoms with Gasteiger partial charge < -0.3 is 0 Å². The fraction of sp³-hybridized carbons (Fsp3) is 0.818. The summed E-state index contributed by atoms with van der Waals surface area (Å²) in [4.78, 5) is 0. The highest BCUT2D eigenvalue weighted by Gasteiger charge is 2.34. The Bertz CT molecular complexity index is 361. The first-order valence-corrected chi connectivity index (χ1v) is 7.14. The van der Waals surface area contributed by atoms with Crippen molar-refractivity contribution in [1.29, 1.82) is 0 Å². The Balaban J connectivity index is 1.96. The number of nitrogens with zero attached hydrogens (tertiary/aromatic N) is 1. The third kappa shape index (κ3) is 3.22. The zero-order valence-corrected chi connectivity index (χ0v) is 9.67. The highest BCUT2D eigenvalue weighted by atomic mass is 32.2. The van der Waals surface area contributed by atoms with E-state index in [0.717, 1.165) is 25.7 Å². The molecule has 2 aliphatic carbocycles. The van der Waals surface area contributed by atoms with Gasteiger partial charge in [0.1, 0.15) is 0 Å². The fourth-order valence-corrected chi connectivity index (χ4v) is 3.50. The predicted molar refractivity (Wildman–Crippen MR) is 59.6 cm³/mol. The van der Waals surface area contributed by atoms with Crippen LogP contribution in [0.2, 0.25) is 0 Å². The van der Waals surface area contributed by atoms with Gasteiger partial charge in [0.15, 0.2) is 0 Å². The van der Waals surface area contributed by atoms with Crippen molar-refractivity contribution in [3.8, 4) is 12.3 Å². The van der Waals surface area contributed by atoms with E-state index in [-0.39, 0.29) is 6.54 Å². The Kier molecular flexibility index (Phi) is 3.03. The minimum absolute atomic E-state index is 0.242. The van der Waals surface area contributed by atoms with E-state index in [2.05, 4.69) is 5.92 Å². The van der Waals surface area contributed by atoms with Gasteiger partial charge >= 0.3 is 0 Å². The van der Waals surface area contributed by atoms with Gasteiger partial charge in [-0.3, -0.25) is 0 Å². The van der Waals surface area contributed by atoms with E-state index in [1.54, 1.807) is 0 Å². The standard InChI is InChI=1S/C11H17NO2S/c1-2-7-12(8-10-3-4-10)15(13,14)9-11-5-6-11/h1,10-11H,3-9H2. The van der Waals surface area contributed by atoms with Crippen LogP contribution < -0.4 is 0 Å². The van der Waals surface area contributed by atoms with Crippen molar-refractivity contribution in [3.05, 3.63) is 0 Å². The quantitative estimate of drug-likeness (QED) is 0.637. The van der Waals surface area contributed by atoms with Crippen LogP contribution in [0.5, 0.6) is 0 Å². The summed E-state index contributed by atoms with van der Waals surface area (Å²) >= 11 is 0. The molecule has 15 heavy (non-hydrogen) atoms. The molecule has 0 aliphatic heterocycles. The second-order valence-corrected chi connectivity index (χ2v) is 6.68. The van der Waals surface area contributed by atoms with Crippen molar-refractivity contribution < 1.29 is 8.42 Å². The van der Waals surface area contributed by atoms with E-state index in [0.29, 0.717) is 24.1 Å². The average Bonchev–Trinajstić information content (AvgIpc) is 2.97. The molecule has 84 valence electrons. The molecular formula is C11H17NO2S. The Labute approximate surface area is 91.9 Å². The topological polar surface area (TPSA) is 37.4 Å². The molecule has 0 atom stereocenters. The molecule has 4 heteroatoms. The number of hydrogen-bond acceptors (Lipinski definition) is 2. The van der Waals surface area contributed by atoms with Crippen LogP contribution in [-0.4, -0.2) is 31.6 Å². The molecule has 0 radical (unpaired) electrons. The van der Waals surface area contributed by atoms with Crippen molar-refractivity contribution in [3.63, 3.8) is 0 Å². The third-order valence-corrected chi connectivity index (χ3v) is 4.92. The number of rotatable bonds is 6. The molecular weight excluding hydrogens is 210 g/mol. The third-order valence-electron chi connectivity index (χ3n) is 2.96. The molecule has 0 saturated heterocycles. The molecule has 0 spiro atoms. The normalized spacial score (nSPS) is 21.6. The summed E-state index contributed by atoms with van der Waals surface area (Å²) < 4.78 is 25.4. The smallest absolute Gasteiger partial charge is 0.212 e. The van der Waals surface area contributed by atoms with Gasteiger partial charge in [-0.15, -0.1) is 6.42 Å². The maximum atomic E-state index is 12.0. The van der Waals surface area contributed by atoms with Crippen molar-refractivity contribution >= 4 is 10.0 Å². The lowest BCUT2D eigenvalue weighted by Gasteiger charge is -2.19. The summed E-state index contributed by atoms with van der Waals surface area (Å²) in [5.74, 6) is 3.71. The van der Waals surface area contributed by atoms with Crippen molar-refractivity contribution in [1.82, 2.24) is 4.31 Å². The summed E-state index contributed by atoms with van der Waals surface area (Å²) in [6, 6.07) is 0. The predicted octanol–water partition coefficient (Wildman–Crippen LogP) is 1.07. The van der Waals surface area contributed by atoms with E-state index >= 15 is 0 Å². The van der Waals surface area contributed by atoms with Gasteiger partial charge in [-0.2, -0.15) is 4.31 Å². The Hall–Kier alpha value is -0.530. The molecule has 0 unspecified atom stereocenters. The highest BCUT2D eigenvalue weighted by Crippen LogP contribution is 2.33. The average molecular weight is 227 g/mol. The first-order chi connectivity index (χ1) is 7.12. The monoisotopic (exact) mass is 227 g/mol. The maximum absolute atomic E-state index is 12.0. The molecule has 2 rings (SSSR count). The first kappa shape index (κ1) is 11.0. The molecule has 2 saturated carbocycles. The van der Waals surface area contributed by atoms with Gasteiger partial charge in [-0.05, 0) is 37.5 Å². The minimum atomic E-state index is -3.09. The zero-order chi connectivity index (χ0) is 10.9. The summed E-state index contributed by atoms with van der Waals surface area (Å²) in [7, 11) is -3.09. The van der Waals surface area contributed by atoms with Crippen LogP contribution in [0.25, 0.3) is 0 Å². The largest absolute Gasteiger partial charge is 0.215 e. The molecule has 3 nitrogen and oxygen atoms in total. The second kappa shape index (κ2) is 4.15.